The number of piperazine rings is 1. The highest BCUT2D eigenvalue weighted by Crippen LogP contribution is 2.56. The van der Waals surface area contributed by atoms with Crippen molar-refractivity contribution < 1.29 is 14.3 Å². The summed E-state index contributed by atoms with van der Waals surface area (Å²) < 4.78 is 13.9. The fraction of sp³-hybridized carbons (Fsp3) is 0.594. The molecular formula is C32H39Cl2N7O3. The zero-order valence-electron chi connectivity index (χ0n) is 25.2. The van der Waals surface area contributed by atoms with Gasteiger partial charge in [0.25, 0.3) is 0 Å². The first-order valence-corrected chi connectivity index (χ1v) is 16.6. The molecule has 2 aromatic heterocycles. The van der Waals surface area contributed by atoms with Crippen molar-refractivity contribution in [3.63, 3.8) is 0 Å². The van der Waals surface area contributed by atoms with Crippen molar-refractivity contribution in [2.45, 2.75) is 56.7 Å². The van der Waals surface area contributed by atoms with E-state index in [4.69, 9.17) is 37.8 Å². The number of H-pyrrole nitrogens is 1. The topological polar surface area (TPSA) is 91.8 Å². The summed E-state index contributed by atoms with van der Waals surface area (Å²) in [6, 6.07) is 2.12. The number of halogens is 2. The third-order valence-electron chi connectivity index (χ3n) is 10.9. The molecule has 8 rings (SSSR count). The van der Waals surface area contributed by atoms with Crippen LogP contribution in [0, 0.1) is 12.3 Å². The molecule has 3 aromatic rings. The molecule has 3 saturated heterocycles. The van der Waals surface area contributed by atoms with Gasteiger partial charge in [0.1, 0.15) is 0 Å². The van der Waals surface area contributed by atoms with Gasteiger partial charge in [-0.15, -0.1) is 0 Å². The fourth-order valence-corrected chi connectivity index (χ4v) is 8.98. The van der Waals surface area contributed by atoms with E-state index < -0.39 is 0 Å². The molecule has 5 heterocycles. The van der Waals surface area contributed by atoms with Crippen LogP contribution in [0.2, 0.25) is 10.0 Å². The molecule has 0 unspecified atom stereocenters. The lowest BCUT2D eigenvalue weighted by Crippen LogP contribution is -2.67. The van der Waals surface area contributed by atoms with E-state index >= 15 is 0 Å². The summed E-state index contributed by atoms with van der Waals surface area (Å²) in [6.07, 6.45) is 8.84. The maximum absolute atomic E-state index is 12.1. The van der Waals surface area contributed by atoms with Crippen molar-refractivity contribution in [2.75, 3.05) is 64.0 Å². The number of hydrogen-bond acceptors (Lipinski definition) is 7. The number of carbonyl (C=O) groups excluding carboxylic acids is 1. The second-order valence-corrected chi connectivity index (χ2v) is 14.4. The van der Waals surface area contributed by atoms with Crippen LogP contribution in [-0.4, -0.2) is 106 Å². The lowest BCUT2D eigenvalue weighted by atomic mass is 9.60. The van der Waals surface area contributed by atoms with E-state index in [1.165, 1.54) is 12.5 Å². The normalized spacial score (nSPS) is 24.8. The van der Waals surface area contributed by atoms with Gasteiger partial charge in [0.05, 0.1) is 59.3 Å². The summed E-state index contributed by atoms with van der Waals surface area (Å²) in [5.41, 5.74) is 4.08. The Morgan fingerprint density at radius 1 is 1.18 bits per heavy atom. The molecule has 2 saturated carbocycles. The summed E-state index contributed by atoms with van der Waals surface area (Å²) >= 11 is 13.8. The Bertz CT molecular complexity index is 1610. The Morgan fingerprint density at radius 2 is 2.00 bits per heavy atom. The van der Waals surface area contributed by atoms with E-state index in [2.05, 4.69) is 38.2 Å². The maximum atomic E-state index is 12.1. The summed E-state index contributed by atoms with van der Waals surface area (Å²) in [5.74, 6) is 1.01. The summed E-state index contributed by atoms with van der Waals surface area (Å²) in [4.78, 5) is 19.1. The van der Waals surface area contributed by atoms with Crippen molar-refractivity contribution >= 4 is 45.8 Å². The highest BCUT2D eigenvalue weighted by atomic mass is 35.5. The molecule has 1 atom stereocenters. The molecule has 0 radical (unpaired) electrons. The Hall–Kier alpha value is -2.63. The minimum Gasteiger partial charge on any atom is -0.376 e. The summed E-state index contributed by atoms with van der Waals surface area (Å²) in [7, 11) is 0. The van der Waals surface area contributed by atoms with Gasteiger partial charge in [-0.25, -0.2) is 0 Å². The van der Waals surface area contributed by atoms with E-state index in [-0.39, 0.29) is 29.0 Å². The predicted octanol–water partition coefficient (Wildman–Crippen LogP) is 4.85. The van der Waals surface area contributed by atoms with Gasteiger partial charge in [-0.3, -0.25) is 19.5 Å². The minimum atomic E-state index is 0.00900. The molecule has 1 aromatic carbocycles. The number of aromatic amines is 1. The van der Waals surface area contributed by atoms with E-state index in [0.717, 1.165) is 98.5 Å². The monoisotopic (exact) mass is 639 g/mol. The van der Waals surface area contributed by atoms with Gasteiger partial charge in [0, 0.05) is 66.9 Å². The number of hydrogen-bond donors (Lipinski definition) is 1. The first-order valence-electron chi connectivity index (χ1n) is 15.8. The molecule has 234 valence electrons. The van der Waals surface area contributed by atoms with Crippen LogP contribution in [0.3, 0.4) is 0 Å². The largest absolute Gasteiger partial charge is 0.376 e. The quantitative estimate of drug-likeness (QED) is 0.386. The number of benzene rings is 1. The van der Waals surface area contributed by atoms with Gasteiger partial charge in [0.15, 0.2) is 5.82 Å². The number of likely N-dealkylation sites (tertiary alicyclic amines) is 1. The average Bonchev–Trinajstić information content (AvgIpc) is 3.56. The summed E-state index contributed by atoms with van der Waals surface area (Å²) in [6.45, 7) is 13.1. The number of nitrogens with zero attached hydrogens (tertiary/aromatic N) is 6. The van der Waals surface area contributed by atoms with Crippen LogP contribution in [-0.2, 0) is 14.3 Å². The number of ether oxygens (including phenoxy) is 2. The van der Waals surface area contributed by atoms with Crippen LogP contribution in [0.5, 0.6) is 0 Å². The van der Waals surface area contributed by atoms with E-state index in [1.54, 1.807) is 0 Å². The highest BCUT2D eigenvalue weighted by Gasteiger charge is 2.55. The van der Waals surface area contributed by atoms with Crippen LogP contribution in [0.4, 0.5) is 5.82 Å². The second kappa shape index (κ2) is 10.7. The number of fused-ring (bicyclic) bond motifs is 1. The molecule has 2 aliphatic carbocycles. The molecule has 1 N–H and O–H groups in total. The molecule has 12 heteroatoms. The predicted molar refractivity (Wildman–Crippen MR) is 170 cm³/mol. The third kappa shape index (κ3) is 4.51. The molecule has 0 bridgehead atoms. The molecule has 1 amide bonds. The molecule has 44 heavy (non-hydrogen) atoms. The number of amides is 1. The molecule has 10 nitrogen and oxygen atoms in total. The van der Waals surface area contributed by atoms with Gasteiger partial charge in [-0.2, -0.15) is 10.2 Å². The van der Waals surface area contributed by atoms with Crippen LogP contribution in [0.1, 0.15) is 43.8 Å². The molecule has 5 fully saturated rings. The van der Waals surface area contributed by atoms with Crippen molar-refractivity contribution in [3.8, 4) is 11.1 Å². The Labute approximate surface area is 267 Å². The van der Waals surface area contributed by atoms with Gasteiger partial charge >= 0.3 is 0 Å². The lowest BCUT2D eigenvalue weighted by Gasteiger charge is -2.59. The van der Waals surface area contributed by atoms with Crippen molar-refractivity contribution in [1.82, 2.24) is 29.8 Å². The average molecular weight is 641 g/mol. The Balaban J connectivity index is 1.16. The standard InChI is InChI=1S/C32H39Cl2N7O3/c1-3-26(42)39-17-31(18-39)12-21(13-31)41-20(2)27(28-23-14-35-36-25(23)11-24(33)29(28)34)30(37-41)40-8-7-38(19-32(40)5-4-6-32)15-22-16-43-9-10-44-22/h3,11,14,21-22H,1,4-10,12-13,15-19H2,2H3,(H,35,36)/t22-/m1/s1. The smallest absolute Gasteiger partial charge is 0.245 e. The number of aromatic nitrogens is 4. The SMILES string of the molecule is C=CC(=O)N1CC2(CC(n3nc(N4CCN(C[C@@H]5COCCO5)CC45CCC5)c(-c4c(Cl)c(Cl)cc5[nH]ncc45)c3C)C2)C1. The highest BCUT2D eigenvalue weighted by molar-refractivity contribution is 6.45. The fourth-order valence-electron chi connectivity index (χ4n) is 8.53. The summed E-state index contributed by atoms with van der Waals surface area (Å²) in [5, 5.41) is 14.9. The van der Waals surface area contributed by atoms with Crippen LogP contribution < -0.4 is 4.90 Å². The zero-order valence-corrected chi connectivity index (χ0v) is 26.7. The first kappa shape index (κ1) is 28.8. The number of nitrogens with one attached hydrogen (secondary N) is 1. The Kier molecular flexibility index (Phi) is 7.03. The van der Waals surface area contributed by atoms with E-state index in [9.17, 15) is 4.79 Å². The van der Waals surface area contributed by atoms with Crippen LogP contribution in [0.25, 0.3) is 22.0 Å². The van der Waals surface area contributed by atoms with E-state index in [0.29, 0.717) is 29.9 Å². The van der Waals surface area contributed by atoms with Crippen LogP contribution >= 0.6 is 23.2 Å². The van der Waals surface area contributed by atoms with E-state index in [1.807, 2.05) is 17.2 Å². The van der Waals surface area contributed by atoms with Crippen molar-refractivity contribution in [3.05, 3.63) is 40.7 Å². The first-order chi connectivity index (χ1) is 21.3. The molecular weight excluding hydrogens is 601 g/mol. The number of carbonyl (C=O) groups is 1. The number of rotatable bonds is 6. The van der Waals surface area contributed by atoms with Crippen molar-refractivity contribution in [2.24, 2.45) is 5.41 Å². The van der Waals surface area contributed by atoms with Gasteiger partial charge in [-0.05, 0) is 51.2 Å². The van der Waals surface area contributed by atoms with Crippen LogP contribution in [0.15, 0.2) is 24.9 Å². The lowest BCUT2D eigenvalue weighted by molar-refractivity contribution is -0.149. The van der Waals surface area contributed by atoms with Gasteiger partial charge < -0.3 is 19.3 Å². The third-order valence-corrected chi connectivity index (χ3v) is 11.6. The maximum Gasteiger partial charge on any atom is 0.245 e. The second-order valence-electron chi connectivity index (χ2n) is 13.6. The zero-order chi connectivity index (χ0) is 30.2. The van der Waals surface area contributed by atoms with Gasteiger partial charge in [-0.1, -0.05) is 29.8 Å². The van der Waals surface area contributed by atoms with Crippen molar-refractivity contribution in [1.29, 1.82) is 0 Å². The molecule has 2 spiro atoms. The Morgan fingerprint density at radius 3 is 2.70 bits per heavy atom. The van der Waals surface area contributed by atoms with Gasteiger partial charge in [0.2, 0.25) is 5.91 Å². The molecule has 3 aliphatic heterocycles. The minimum absolute atomic E-state index is 0.00900. The molecule has 5 aliphatic rings. The number of anilines is 1.